The number of pyridine rings is 1. The predicted octanol–water partition coefficient (Wildman–Crippen LogP) is 2.84. The third kappa shape index (κ3) is 3.85. The number of hydroxylamine groups is 2. The van der Waals surface area contributed by atoms with Gasteiger partial charge in [-0.05, 0) is 18.2 Å². The number of nitrogens with one attached hydrogen (secondary N) is 1. The van der Waals surface area contributed by atoms with Crippen LogP contribution < -0.4 is 10.0 Å². The zero-order chi connectivity index (χ0) is 16.2. The van der Waals surface area contributed by atoms with E-state index in [9.17, 15) is 5.21 Å². The van der Waals surface area contributed by atoms with E-state index in [2.05, 4.69) is 10.3 Å². The van der Waals surface area contributed by atoms with Crippen LogP contribution in [0.1, 0.15) is 5.56 Å². The molecule has 23 heavy (non-hydrogen) atoms. The van der Waals surface area contributed by atoms with Gasteiger partial charge in [0.2, 0.25) is 5.96 Å². The fourth-order valence-electron chi connectivity index (χ4n) is 2.13. The van der Waals surface area contributed by atoms with Crippen LogP contribution in [0.2, 0.25) is 10.0 Å². The number of nitrogens with zero attached hydrogens (tertiary/aromatic N) is 3. The smallest absolute Gasteiger partial charge is 0.223 e. The molecular weight excluding hydrogens is 339 g/mol. The van der Waals surface area contributed by atoms with Crippen molar-refractivity contribution in [3.63, 3.8) is 0 Å². The quantitative estimate of drug-likeness (QED) is 0.678. The van der Waals surface area contributed by atoms with Gasteiger partial charge in [0.05, 0.1) is 28.8 Å². The fraction of sp³-hybridized carbons (Fsp3) is 0.200. The Labute approximate surface area is 143 Å². The van der Waals surface area contributed by atoms with E-state index in [4.69, 9.17) is 28.0 Å². The van der Waals surface area contributed by atoms with Gasteiger partial charge in [-0.2, -0.15) is 4.73 Å². The summed E-state index contributed by atoms with van der Waals surface area (Å²) in [6, 6.07) is 8.75. The molecule has 6 nitrogen and oxygen atoms in total. The number of guanidine groups is 1. The van der Waals surface area contributed by atoms with E-state index in [-0.39, 0.29) is 6.61 Å². The number of anilines is 1. The molecule has 0 unspecified atom stereocenters. The molecule has 0 fully saturated rings. The molecule has 0 saturated carbocycles. The van der Waals surface area contributed by atoms with Gasteiger partial charge in [0.1, 0.15) is 6.61 Å². The largest absolute Gasteiger partial charge is 0.619 e. The highest BCUT2D eigenvalue weighted by molar-refractivity contribution is 6.39. The molecule has 0 aliphatic carbocycles. The van der Waals surface area contributed by atoms with Crippen molar-refractivity contribution in [2.75, 3.05) is 18.4 Å². The van der Waals surface area contributed by atoms with Gasteiger partial charge >= 0.3 is 0 Å². The van der Waals surface area contributed by atoms with E-state index < -0.39 is 0 Å². The molecule has 0 radical (unpaired) electrons. The Morgan fingerprint density at radius 1 is 1.26 bits per heavy atom. The van der Waals surface area contributed by atoms with Gasteiger partial charge in [-0.25, -0.2) is 10.1 Å². The minimum atomic E-state index is 0.264. The number of para-hydroxylation sites is 1. The Balaban J connectivity index is 1.66. The maximum Gasteiger partial charge on any atom is 0.223 e. The Morgan fingerprint density at radius 2 is 2.04 bits per heavy atom. The van der Waals surface area contributed by atoms with Crippen LogP contribution in [0.5, 0.6) is 0 Å². The summed E-state index contributed by atoms with van der Waals surface area (Å²) < 4.78 is 0.736. The first-order valence-corrected chi connectivity index (χ1v) is 7.73. The fourth-order valence-corrected chi connectivity index (χ4v) is 2.62. The SMILES string of the molecule is [O-][n+]1cccc(CON2CCN=C2Nc2c(Cl)cccc2Cl)c1. The molecule has 3 rings (SSSR count). The predicted molar refractivity (Wildman–Crippen MR) is 89.3 cm³/mol. The zero-order valence-corrected chi connectivity index (χ0v) is 13.6. The average molecular weight is 353 g/mol. The van der Waals surface area contributed by atoms with Crippen LogP contribution in [0.25, 0.3) is 0 Å². The molecular formula is C15H14Cl2N4O2. The second kappa shape index (κ2) is 7.04. The monoisotopic (exact) mass is 352 g/mol. The van der Waals surface area contributed by atoms with Gasteiger partial charge in [0.25, 0.3) is 0 Å². The zero-order valence-electron chi connectivity index (χ0n) is 12.1. The third-order valence-electron chi connectivity index (χ3n) is 3.22. The van der Waals surface area contributed by atoms with Gasteiger partial charge in [-0.3, -0.25) is 4.84 Å². The number of aromatic nitrogens is 1. The molecule has 0 atom stereocenters. The first-order chi connectivity index (χ1) is 11.1. The molecule has 1 N–H and O–H groups in total. The summed E-state index contributed by atoms with van der Waals surface area (Å²) in [6.07, 6.45) is 2.89. The van der Waals surface area contributed by atoms with Crippen LogP contribution >= 0.6 is 23.2 Å². The molecule has 120 valence electrons. The molecule has 0 saturated heterocycles. The minimum Gasteiger partial charge on any atom is -0.619 e. The lowest BCUT2D eigenvalue weighted by Gasteiger charge is -2.21. The summed E-state index contributed by atoms with van der Waals surface area (Å²) in [7, 11) is 0. The lowest BCUT2D eigenvalue weighted by Crippen LogP contribution is -2.33. The van der Waals surface area contributed by atoms with Crippen molar-refractivity contribution < 1.29 is 9.57 Å². The Bertz CT molecular complexity index is 719. The van der Waals surface area contributed by atoms with Crippen LogP contribution in [-0.2, 0) is 11.4 Å². The number of hydrogen-bond donors (Lipinski definition) is 1. The van der Waals surface area contributed by atoms with E-state index in [1.54, 1.807) is 29.3 Å². The summed E-state index contributed by atoms with van der Waals surface area (Å²) in [5.41, 5.74) is 1.35. The first kappa shape index (κ1) is 15.9. The number of hydrogen-bond acceptors (Lipinski definition) is 5. The standard InChI is InChI=1S/C15H14Cl2N4O2/c16-12-4-1-5-13(17)14(12)19-15-18-6-8-21(15)23-10-11-3-2-7-20(22)9-11/h1-5,7,9H,6,8,10H2,(H,18,19). The Morgan fingerprint density at radius 3 is 2.78 bits per heavy atom. The van der Waals surface area contributed by atoms with Crippen molar-refractivity contribution in [1.29, 1.82) is 0 Å². The summed E-state index contributed by atoms with van der Waals surface area (Å²) in [5.74, 6) is 0.533. The van der Waals surface area contributed by atoms with Gasteiger partial charge in [0, 0.05) is 11.6 Å². The van der Waals surface area contributed by atoms with Crippen molar-refractivity contribution in [2.24, 2.45) is 4.99 Å². The van der Waals surface area contributed by atoms with Crippen molar-refractivity contribution >= 4 is 34.8 Å². The minimum absolute atomic E-state index is 0.264. The number of aliphatic imine (C=N–C) groups is 1. The maximum atomic E-state index is 11.2. The molecule has 0 spiro atoms. The molecule has 0 bridgehead atoms. The van der Waals surface area contributed by atoms with Gasteiger partial charge in [0.15, 0.2) is 12.4 Å². The topological polar surface area (TPSA) is 63.8 Å². The van der Waals surface area contributed by atoms with Crippen LogP contribution in [-0.4, -0.2) is 24.1 Å². The summed E-state index contributed by atoms with van der Waals surface area (Å²) in [6.45, 7) is 1.47. The van der Waals surface area contributed by atoms with Crippen molar-refractivity contribution in [3.05, 3.63) is 63.5 Å². The number of rotatable bonds is 4. The van der Waals surface area contributed by atoms with Gasteiger partial charge in [-0.1, -0.05) is 29.3 Å². The van der Waals surface area contributed by atoms with Crippen molar-refractivity contribution in [1.82, 2.24) is 5.06 Å². The van der Waals surface area contributed by atoms with E-state index >= 15 is 0 Å². The average Bonchev–Trinajstić information content (AvgIpc) is 2.96. The molecule has 1 aromatic carbocycles. The number of benzene rings is 1. The van der Waals surface area contributed by atoms with E-state index in [0.29, 0.717) is 34.8 Å². The van der Waals surface area contributed by atoms with Crippen LogP contribution in [0, 0.1) is 5.21 Å². The highest BCUT2D eigenvalue weighted by atomic mass is 35.5. The molecule has 1 aliphatic rings. The van der Waals surface area contributed by atoms with E-state index in [1.165, 1.54) is 12.4 Å². The van der Waals surface area contributed by atoms with E-state index in [1.807, 2.05) is 6.07 Å². The van der Waals surface area contributed by atoms with Gasteiger partial charge in [-0.15, -0.1) is 0 Å². The lowest BCUT2D eigenvalue weighted by molar-refractivity contribution is -0.606. The van der Waals surface area contributed by atoms with Gasteiger partial charge < -0.3 is 10.5 Å². The second-order valence-electron chi connectivity index (χ2n) is 4.87. The Hall–Kier alpha value is -2.02. The van der Waals surface area contributed by atoms with Crippen molar-refractivity contribution in [2.45, 2.75) is 6.61 Å². The normalized spacial score (nSPS) is 14.0. The molecule has 1 aromatic heterocycles. The first-order valence-electron chi connectivity index (χ1n) is 6.97. The van der Waals surface area contributed by atoms with Crippen LogP contribution in [0.15, 0.2) is 47.7 Å². The van der Waals surface area contributed by atoms with E-state index in [0.717, 1.165) is 10.3 Å². The Kier molecular flexibility index (Phi) is 4.85. The number of halogens is 2. The lowest BCUT2D eigenvalue weighted by atomic mass is 10.3. The van der Waals surface area contributed by atoms with Crippen LogP contribution in [0.4, 0.5) is 5.69 Å². The van der Waals surface area contributed by atoms with Crippen LogP contribution in [0.3, 0.4) is 0 Å². The second-order valence-corrected chi connectivity index (χ2v) is 5.69. The summed E-state index contributed by atoms with van der Waals surface area (Å²) in [4.78, 5) is 10.1. The molecule has 2 aromatic rings. The summed E-state index contributed by atoms with van der Waals surface area (Å²) >= 11 is 12.3. The molecule has 2 heterocycles. The summed E-state index contributed by atoms with van der Waals surface area (Å²) in [5, 5.41) is 17.0. The molecule has 1 aliphatic heterocycles. The molecule has 8 heteroatoms. The van der Waals surface area contributed by atoms with Crippen molar-refractivity contribution in [3.8, 4) is 0 Å². The third-order valence-corrected chi connectivity index (χ3v) is 3.85. The maximum absolute atomic E-state index is 11.2. The highest BCUT2D eigenvalue weighted by Gasteiger charge is 2.20. The molecule has 0 amide bonds. The highest BCUT2D eigenvalue weighted by Crippen LogP contribution is 2.30.